The number of imide groups is 1. The monoisotopic (exact) mass is 324 g/mol. The zero-order valence-electron chi connectivity index (χ0n) is 13.2. The number of fused-ring (bicyclic) bond motifs is 5. The van der Waals surface area contributed by atoms with Crippen molar-refractivity contribution in [3.63, 3.8) is 0 Å². The lowest BCUT2D eigenvalue weighted by molar-refractivity contribution is -0.384. The molecule has 1 aliphatic heterocycles. The van der Waals surface area contributed by atoms with Crippen molar-refractivity contribution in [2.75, 3.05) is 4.90 Å². The molecule has 2 bridgehead atoms. The van der Waals surface area contributed by atoms with Gasteiger partial charge in [-0.05, 0) is 43.5 Å². The number of non-ortho nitro benzene ring substituents is 1. The van der Waals surface area contributed by atoms with Crippen LogP contribution >= 0.6 is 0 Å². The number of benzene rings is 2. The Bertz CT molecular complexity index is 1010. The zero-order valence-corrected chi connectivity index (χ0v) is 13.2. The second-order valence-corrected chi connectivity index (χ2v) is 5.93. The van der Waals surface area contributed by atoms with E-state index in [1.807, 2.05) is 13.8 Å². The van der Waals surface area contributed by atoms with Crippen LogP contribution in [0.1, 0.15) is 37.4 Å². The summed E-state index contributed by atoms with van der Waals surface area (Å²) in [6.07, 6.45) is 0. The molecule has 0 radical (unpaired) electrons. The third-order valence-corrected chi connectivity index (χ3v) is 4.62. The highest BCUT2D eigenvalue weighted by Gasteiger charge is 2.44. The van der Waals surface area contributed by atoms with Crippen LogP contribution in [0.15, 0.2) is 22.6 Å². The molecule has 2 aromatic heterocycles. The van der Waals surface area contributed by atoms with Crippen molar-refractivity contribution in [1.82, 2.24) is 0 Å². The number of furan rings is 2. The fourth-order valence-electron chi connectivity index (χ4n) is 3.25. The molecule has 3 heterocycles. The predicted molar refractivity (Wildman–Crippen MR) is 85.8 cm³/mol. The van der Waals surface area contributed by atoms with Crippen LogP contribution in [0.4, 0.5) is 11.4 Å². The van der Waals surface area contributed by atoms with Gasteiger partial charge >= 0.3 is 0 Å². The Morgan fingerprint density at radius 2 is 1.54 bits per heavy atom. The van der Waals surface area contributed by atoms with Crippen LogP contribution in [0.2, 0.25) is 0 Å². The van der Waals surface area contributed by atoms with Crippen molar-refractivity contribution in [3.05, 3.63) is 56.1 Å². The fourth-order valence-corrected chi connectivity index (χ4v) is 3.25. The third kappa shape index (κ3) is 1.56. The maximum Gasteiger partial charge on any atom is 0.270 e. The highest BCUT2D eigenvalue weighted by molar-refractivity contribution is 6.39. The number of nitro benzene ring substituents is 1. The van der Waals surface area contributed by atoms with Crippen LogP contribution in [0, 0.1) is 30.9 Å². The third-order valence-electron chi connectivity index (χ3n) is 4.62. The van der Waals surface area contributed by atoms with Gasteiger partial charge in [0.25, 0.3) is 17.5 Å². The van der Waals surface area contributed by atoms with E-state index in [0.29, 0.717) is 22.4 Å². The van der Waals surface area contributed by atoms with E-state index in [1.165, 1.54) is 18.2 Å². The molecule has 0 aliphatic carbocycles. The Labute approximate surface area is 135 Å². The summed E-state index contributed by atoms with van der Waals surface area (Å²) >= 11 is 0. The van der Waals surface area contributed by atoms with Gasteiger partial charge in [-0.25, -0.2) is 4.90 Å². The van der Waals surface area contributed by atoms with Crippen molar-refractivity contribution in [3.8, 4) is 0 Å². The number of nitro groups is 1. The minimum atomic E-state index is -0.515. The van der Waals surface area contributed by atoms with Gasteiger partial charge in [0.15, 0.2) is 0 Å². The minimum absolute atomic E-state index is 0.0867. The summed E-state index contributed by atoms with van der Waals surface area (Å²) in [6.45, 7) is 5.32. The first-order chi connectivity index (χ1) is 11.3. The second-order valence-electron chi connectivity index (χ2n) is 5.93. The van der Waals surface area contributed by atoms with Crippen LogP contribution in [-0.4, -0.2) is 16.7 Å². The molecule has 0 atom stereocenters. The summed E-state index contributed by atoms with van der Waals surface area (Å²) in [5, 5.41) is 10.9. The van der Waals surface area contributed by atoms with Crippen LogP contribution in [0.3, 0.4) is 0 Å². The van der Waals surface area contributed by atoms with Crippen molar-refractivity contribution >= 4 is 34.4 Å². The van der Waals surface area contributed by atoms with E-state index < -0.39 is 16.7 Å². The molecule has 120 valence electrons. The first-order valence-electron chi connectivity index (χ1n) is 7.31. The molecule has 7 heteroatoms. The van der Waals surface area contributed by atoms with Gasteiger partial charge in [0.2, 0.25) is 0 Å². The lowest BCUT2D eigenvalue weighted by Gasteiger charge is -2.16. The van der Waals surface area contributed by atoms with Gasteiger partial charge in [0, 0.05) is 12.1 Å². The van der Waals surface area contributed by atoms with Crippen LogP contribution in [0.25, 0.3) is 11.2 Å². The van der Waals surface area contributed by atoms with E-state index in [-0.39, 0.29) is 16.8 Å². The number of hydrogen-bond acceptors (Lipinski definition) is 5. The number of carbonyl (C=O) groups is 2. The molecule has 3 aromatic rings. The number of hydrogen-bond donors (Lipinski definition) is 0. The summed E-state index contributed by atoms with van der Waals surface area (Å²) in [5.74, 6) is -0.910. The average molecular weight is 324 g/mol. The lowest BCUT2D eigenvalue weighted by atomic mass is 10.0. The summed E-state index contributed by atoms with van der Waals surface area (Å²) in [7, 11) is 0. The van der Waals surface area contributed by atoms with E-state index in [0.717, 1.165) is 16.0 Å². The first-order valence-corrected chi connectivity index (χ1v) is 7.31. The van der Waals surface area contributed by atoms with E-state index in [1.54, 1.807) is 6.92 Å². The van der Waals surface area contributed by atoms with E-state index in [4.69, 9.17) is 4.42 Å². The van der Waals surface area contributed by atoms with Gasteiger partial charge in [-0.3, -0.25) is 19.7 Å². The predicted octanol–water partition coefficient (Wildman–Crippen LogP) is 3.50. The number of aryl methyl sites for hydroxylation is 3. The second kappa shape index (κ2) is 4.41. The molecule has 24 heavy (non-hydrogen) atoms. The van der Waals surface area contributed by atoms with Crippen molar-refractivity contribution in [2.45, 2.75) is 20.8 Å². The van der Waals surface area contributed by atoms with E-state index in [2.05, 4.69) is 0 Å². The SMILES string of the molecule is Cc1cc([N+](=O)[O-])ccc1N1C(=O)c2c(c3oc2c(C)c3C)C1=O. The Morgan fingerprint density at radius 3 is 2.00 bits per heavy atom. The smallest absolute Gasteiger partial charge is 0.270 e. The van der Waals surface area contributed by atoms with Crippen molar-refractivity contribution < 1.29 is 18.9 Å². The lowest BCUT2D eigenvalue weighted by Crippen LogP contribution is -2.30. The molecule has 0 saturated carbocycles. The number of amides is 2. The average Bonchev–Trinajstić information content (AvgIpc) is 3.13. The summed E-state index contributed by atoms with van der Waals surface area (Å²) < 4.78 is 5.60. The first kappa shape index (κ1) is 14.4. The maximum atomic E-state index is 12.8. The van der Waals surface area contributed by atoms with Gasteiger partial charge in [-0.15, -0.1) is 0 Å². The minimum Gasteiger partial charge on any atom is -0.455 e. The molecule has 4 rings (SSSR count). The van der Waals surface area contributed by atoms with Crippen LogP contribution in [-0.2, 0) is 0 Å². The number of nitrogens with zero attached hydrogens (tertiary/aromatic N) is 2. The Kier molecular flexibility index (Phi) is 2.64. The summed E-state index contributed by atoms with van der Waals surface area (Å²) in [5.41, 5.74) is 3.91. The molecule has 1 aromatic carbocycles. The molecule has 0 saturated heterocycles. The molecule has 1 aliphatic rings. The summed E-state index contributed by atoms with van der Waals surface area (Å²) in [4.78, 5) is 37.0. The number of rotatable bonds is 2. The quantitative estimate of drug-likeness (QED) is 0.408. The van der Waals surface area contributed by atoms with Crippen LogP contribution < -0.4 is 4.90 Å². The van der Waals surface area contributed by atoms with E-state index >= 15 is 0 Å². The Balaban J connectivity index is 1.88. The molecular weight excluding hydrogens is 312 g/mol. The number of carbonyl (C=O) groups excluding carboxylic acids is 2. The van der Waals surface area contributed by atoms with Crippen LogP contribution in [0.5, 0.6) is 0 Å². The standard InChI is InChI=1S/C17H12N2O5/c1-7-6-10(19(22)23)4-5-11(7)18-16(20)12-13(17(18)21)15-9(3)8(2)14(12)24-15/h4-6H,1-3H3. The molecular formula is C17H12N2O5. The molecule has 0 fully saturated rings. The molecule has 7 nitrogen and oxygen atoms in total. The van der Waals surface area contributed by atoms with Gasteiger partial charge in [0.1, 0.15) is 11.2 Å². The Hall–Kier alpha value is -3.22. The Morgan fingerprint density at radius 1 is 1.00 bits per heavy atom. The normalized spacial score (nSPS) is 14.0. The van der Waals surface area contributed by atoms with Gasteiger partial charge in [-0.2, -0.15) is 0 Å². The van der Waals surface area contributed by atoms with Gasteiger partial charge in [0.05, 0.1) is 21.7 Å². The van der Waals surface area contributed by atoms with Gasteiger partial charge < -0.3 is 4.42 Å². The topological polar surface area (TPSA) is 93.7 Å². The summed E-state index contributed by atoms with van der Waals surface area (Å²) in [6, 6.07) is 4.06. The molecule has 0 unspecified atom stereocenters. The highest BCUT2D eigenvalue weighted by atomic mass is 16.6. The fraction of sp³-hybridized carbons (Fsp3) is 0.176. The largest absolute Gasteiger partial charge is 0.455 e. The molecule has 0 spiro atoms. The van der Waals surface area contributed by atoms with Crippen molar-refractivity contribution in [1.29, 1.82) is 0 Å². The van der Waals surface area contributed by atoms with Crippen molar-refractivity contribution in [2.24, 2.45) is 0 Å². The number of anilines is 1. The maximum absolute atomic E-state index is 12.8. The zero-order chi connectivity index (χ0) is 17.3. The van der Waals surface area contributed by atoms with Gasteiger partial charge in [-0.1, -0.05) is 0 Å². The molecule has 2 amide bonds. The molecule has 0 N–H and O–H groups in total. The van der Waals surface area contributed by atoms with E-state index in [9.17, 15) is 19.7 Å². The highest BCUT2D eigenvalue weighted by Crippen LogP contribution is 2.42.